The quantitative estimate of drug-likeness (QED) is 0.551. The predicted molar refractivity (Wildman–Crippen MR) is 82.8 cm³/mol. The largest absolute Gasteiger partial charge is 0.481 e. The molecule has 132 valence electrons. The molecule has 7 nitrogen and oxygen atoms in total. The minimum absolute atomic E-state index is 0.166. The van der Waals surface area contributed by atoms with Crippen molar-refractivity contribution in [1.82, 2.24) is 0 Å². The summed E-state index contributed by atoms with van der Waals surface area (Å²) in [7, 11) is 0. The van der Waals surface area contributed by atoms with E-state index in [2.05, 4.69) is 0 Å². The van der Waals surface area contributed by atoms with Gasteiger partial charge in [-0.3, -0.25) is 14.4 Å². The van der Waals surface area contributed by atoms with Gasteiger partial charge in [-0.1, -0.05) is 32.6 Å². The average molecular weight is 329 g/mol. The maximum absolute atomic E-state index is 12.4. The molecule has 0 aromatic carbocycles. The lowest BCUT2D eigenvalue weighted by Gasteiger charge is -2.40. The van der Waals surface area contributed by atoms with Crippen LogP contribution in [0.5, 0.6) is 0 Å². The van der Waals surface area contributed by atoms with Gasteiger partial charge in [-0.05, 0) is 19.3 Å². The van der Waals surface area contributed by atoms with Crippen molar-refractivity contribution in [1.29, 1.82) is 0 Å². The van der Waals surface area contributed by atoms with Crippen molar-refractivity contribution < 1.29 is 29.3 Å². The second-order valence-corrected chi connectivity index (χ2v) is 6.42. The molecule has 2 unspecified atom stereocenters. The molecule has 1 fully saturated rings. The molecular formula is C16H27NO6. The maximum Gasteiger partial charge on any atom is 0.323 e. The fourth-order valence-electron chi connectivity index (χ4n) is 3.36. The molecule has 0 aromatic rings. The molecule has 2 atom stereocenters. The average Bonchev–Trinajstić information content (AvgIpc) is 2.46. The second kappa shape index (κ2) is 8.86. The Bertz CT molecular complexity index is 430. The molecule has 4 N–H and O–H groups in total. The van der Waals surface area contributed by atoms with Gasteiger partial charge in [-0.2, -0.15) is 0 Å². The van der Waals surface area contributed by atoms with Crippen molar-refractivity contribution in [3.63, 3.8) is 0 Å². The fourth-order valence-corrected chi connectivity index (χ4v) is 3.36. The van der Waals surface area contributed by atoms with Gasteiger partial charge >= 0.3 is 17.9 Å². The lowest BCUT2D eigenvalue weighted by atomic mass is 9.67. The first kappa shape index (κ1) is 19.4. The lowest BCUT2D eigenvalue weighted by Crippen LogP contribution is -2.51. The van der Waals surface area contributed by atoms with Crippen LogP contribution in [0, 0.1) is 5.41 Å². The molecule has 0 radical (unpaired) electrons. The molecule has 0 heterocycles. The summed E-state index contributed by atoms with van der Waals surface area (Å²) in [6, 6.07) is -1.04. The van der Waals surface area contributed by atoms with Gasteiger partial charge in [0.25, 0.3) is 0 Å². The van der Waals surface area contributed by atoms with Gasteiger partial charge in [0.1, 0.15) is 12.1 Å². The number of aliphatic carboxylic acids is 2. The number of rotatable bonds is 9. The molecule has 7 heteroatoms. The summed E-state index contributed by atoms with van der Waals surface area (Å²) in [5.41, 5.74) is 5.27. The van der Waals surface area contributed by atoms with Gasteiger partial charge in [0.05, 0.1) is 12.8 Å². The molecular weight excluding hydrogens is 302 g/mol. The van der Waals surface area contributed by atoms with Crippen LogP contribution in [0.3, 0.4) is 0 Å². The summed E-state index contributed by atoms with van der Waals surface area (Å²) >= 11 is 0. The van der Waals surface area contributed by atoms with E-state index in [1.165, 1.54) is 0 Å². The summed E-state index contributed by atoms with van der Waals surface area (Å²) in [5, 5.41) is 18.0. The zero-order valence-electron chi connectivity index (χ0n) is 13.6. The van der Waals surface area contributed by atoms with Crippen molar-refractivity contribution in [2.75, 3.05) is 0 Å². The van der Waals surface area contributed by atoms with Crippen LogP contribution in [0.2, 0.25) is 0 Å². The third-order valence-corrected chi connectivity index (χ3v) is 4.56. The Morgan fingerprint density at radius 3 is 2.22 bits per heavy atom. The van der Waals surface area contributed by atoms with E-state index in [1.807, 2.05) is 6.92 Å². The van der Waals surface area contributed by atoms with Crippen LogP contribution >= 0.6 is 0 Å². The van der Waals surface area contributed by atoms with E-state index in [4.69, 9.17) is 20.7 Å². The molecule has 1 aliphatic rings. The van der Waals surface area contributed by atoms with E-state index < -0.39 is 35.5 Å². The number of ether oxygens (including phenoxy) is 1. The van der Waals surface area contributed by atoms with Gasteiger partial charge in [0, 0.05) is 5.41 Å². The van der Waals surface area contributed by atoms with Gasteiger partial charge in [-0.25, -0.2) is 0 Å². The molecule has 0 aromatic heterocycles. The minimum atomic E-state index is -1.04. The van der Waals surface area contributed by atoms with E-state index >= 15 is 0 Å². The number of carbonyl (C=O) groups excluding carboxylic acids is 1. The first-order valence-corrected chi connectivity index (χ1v) is 8.20. The predicted octanol–water partition coefficient (Wildman–Crippen LogP) is 1.93. The standard InChI is InChI=1S/C16H27NO6/c1-2-6-11(9-12(18)19)23-15(22)14(17)16(10-13(20)21)7-4-3-5-8-16/h11,14H,2-10,17H2,1H3,(H,18,19)(H,20,21). The van der Waals surface area contributed by atoms with E-state index in [0.29, 0.717) is 25.7 Å². The molecule has 1 saturated carbocycles. The smallest absolute Gasteiger partial charge is 0.323 e. The molecule has 0 saturated heterocycles. The molecule has 1 rings (SSSR count). The summed E-state index contributed by atoms with van der Waals surface area (Å²) in [6.45, 7) is 1.87. The summed E-state index contributed by atoms with van der Waals surface area (Å²) < 4.78 is 5.29. The number of nitrogens with two attached hydrogens (primary N) is 1. The first-order valence-electron chi connectivity index (χ1n) is 8.20. The number of hydrogen-bond donors (Lipinski definition) is 3. The van der Waals surface area contributed by atoms with E-state index in [1.54, 1.807) is 0 Å². The van der Waals surface area contributed by atoms with Crippen LogP contribution in [-0.4, -0.2) is 40.3 Å². The number of hydrogen-bond acceptors (Lipinski definition) is 5. The third kappa shape index (κ3) is 5.82. The number of carboxylic acid groups (broad SMARTS) is 2. The van der Waals surface area contributed by atoms with Crippen LogP contribution < -0.4 is 5.73 Å². The van der Waals surface area contributed by atoms with Gasteiger partial charge in [-0.15, -0.1) is 0 Å². The molecule has 1 aliphatic carbocycles. The van der Waals surface area contributed by atoms with Gasteiger partial charge < -0.3 is 20.7 Å². The van der Waals surface area contributed by atoms with Crippen molar-refractivity contribution in [3.8, 4) is 0 Å². The maximum atomic E-state index is 12.4. The molecule has 0 aliphatic heterocycles. The summed E-state index contributed by atoms with van der Waals surface area (Å²) in [4.78, 5) is 34.4. The Hall–Kier alpha value is -1.63. The van der Waals surface area contributed by atoms with Crippen LogP contribution in [0.4, 0.5) is 0 Å². The summed E-state index contributed by atoms with van der Waals surface area (Å²) in [6.07, 6.45) is 3.79. The van der Waals surface area contributed by atoms with Crippen LogP contribution in [-0.2, 0) is 19.1 Å². The SMILES string of the molecule is CCCC(CC(=O)O)OC(=O)C(N)C1(CC(=O)O)CCCCC1. The number of carboxylic acids is 2. The van der Waals surface area contributed by atoms with E-state index in [9.17, 15) is 14.4 Å². The summed E-state index contributed by atoms with van der Waals surface area (Å²) in [5.74, 6) is -2.71. The lowest BCUT2D eigenvalue weighted by molar-refractivity contribution is -0.159. The second-order valence-electron chi connectivity index (χ2n) is 6.42. The van der Waals surface area contributed by atoms with Gasteiger partial charge in [0.2, 0.25) is 0 Å². The highest BCUT2D eigenvalue weighted by molar-refractivity contribution is 5.79. The third-order valence-electron chi connectivity index (χ3n) is 4.56. The van der Waals surface area contributed by atoms with Crippen LogP contribution in [0.1, 0.15) is 64.7 Å². The van der Waals surface area contributed by atoms with Gasteiger partial charge in [0.15, 0.2) is 0 Å². The van der Waals surface area contributed by atoms with E-state index in [0.717, 1.165) is 19.3 Å². The van der Waals surface area contributed by atoms with E-state index in [-0.39, 0.29) is 12.8 Å². The fraction of sp³-hybridized carbons (Fsp3) is 0.812. The molecule has 23 heavy (non-hydrogen) atoms. The Morgan fingerprint density at radius 2 is 1.74 bits per heavy atom. The Labute approximate surface area is 136 Å². The molecule has 0 amide bonds. The Kier molecular flexibility index (Phi) is 7.48. The Balaban J connectivity index is 2.80. The van der Waals surface area contributed by atoms with Crippen molar-refractivity contribution >= 4 is 17.9 Å². The van der Waals surface area contributed by atoms with Crippen molar-refractivity contribution in [2.24, 2.45) is 11.1 Å². The number of carbonyl (C=O) groups is 3. The normalized spacial score (nSPS) is 19.6. The van der Waals surface area contributed by atoms with Crippen molar-refractivity contribution in [3.05, 3.63) is 0 Å². The molecule has 0 spiro atoms. The highest BCUT2D eigenvalue weighted by atomic mass is 16.5. The topological polar surface area (TPSA) is 127 Å². The highest BCUT2D eigenvalue weighted by Gasteiger charge is 2.44. The van der Waals surface area contributed by atoms with Crippen LogP contribution in [0.25, 0.3) is 0 Å². The zero-order valence-corrected chi connectivity index (χ0v) is 13.6. The Morgan fingerprint density at radius 1 is 1.13 bits per heavy atom. The highest BCUT2D eigenvalue weighted by Crippen LogP contribution is 2.42. The van der Waals surface area contributed by atoms with Crippen LogP contribution in [0.15, 0.2) is 0 Å². The van der Waals surface area contributed by atoms with Crippen molar-refractivity contribution in [2.45, 2.75) is 76.9 Å². The zero-order chi connectivity index (χ0) is 17.5. The molecule has 0 bridgehead atoms. The number of esters is 1. The monoisotopic (exact) mass is 329 g/mol. The minimum Gasteiger partial charge on any atom is -0.481 e. The first-order chi connectivity index (χ1) is 10.8.